The molecule has 1 aromatic heterocycles. The topological polar surface area (TPSA) is 81.5 Å². The standard InChI is InChI=1S/C21H17N3O4/c1-28-15-8-6-14(7-9-15)18-12-19(25)23(13-22-18)10-11-24-20(26)16-4-2-3-5-17(16)21(24)27/h2-9,12-13H,10-11H2,1H3. The summed E-state index contributed by atoms with van der Waals surface area (Å²) in [5.74, 6) is 0.0472. The van der Waals surface area contributed by atoms with Crippen molar-refractivity contribution in [1.82, 2.24) is 14.5 Å². The number of rotatable bonds is 5. The highest BCUT2D eigenvalue weighted by atomic mass is 16.5. The number of aromatic nitrogens is 2. The van der Waals surface area contributed by atoms with Crippen LogP contribution in [0.1, 0.15) is 20.7 Å². The largest absolute Gasteiger partial charge is 0.497 e. The molecule has 0 spiro atoms. The van der Waals surface area contributed by atoms with Crippen LogP contribution in [0, 0.1) is 0 Å². The number of fused-ring (bicyclic) bond motifs is 1. The first-order valence-electron chi connectivity index (χ1n) is 8.74. The van der Waals surface area contributed by atoms with Crippen LogP contribution in [0.2, 0.25) is 0 Å². The fourth-order valence-electron chi connectivity index (χ4n) is 3.16. The van der Waals surface area contributed by atoms with E-state index in [1.165, 1.54) is 17.0 Å². The number of hydrogen-bond acceptors (Lipinski definition) is 5. The second kappa shape index (κ2) is 7.11. The summed E-state index contributed by atoms with van der Waals surface area (Å²) in [7, 11) is 1.59. The van der Waals surface area contributed by atoms with Gasteiger partial charge in [0.25, 0.3) is 17.4 Å². The van der Waals surface area contributed by atoms with Gasteiger partial charge < -0.3 is 4.74 Å². The van der Waals surface area contributed by atoms with Gasteiger partial charge in [0.2, 0.25) is 0 Å². The average Bonchev–Trinajstić information content (AvgIpc) is 2.97. The van der Waals surface area contributed by atoms with Crippen LogP contribution in [0.3, 0.4) is 0 Å². The summed E-state index contributed by atoms with van der Waals surface area (Å²) in [4.78, 5) is 42.7. The quantitative estimate of drug-likeness (QED) is 0.639. The van der Waals surface area contributed by atoms with E-state index >= 15 is 0 Å². The zero-order valence-corrected chi connectivity index (χ0v) is 15.2. The molecule has 0 unspecified atom stereocenters. The highest BCUT2D eigenvalue weighted by molar-refractivity contribution is 6.21. The summed E-state index contributed by atoms with van der Waals surface area (Å²) in [6, 6.07) is 15.4. The van der Waals surface area contributed by atoms with Gasteiger partial charge in [-0.1, -0.05) is 12.1 Å². The van der Waals surface area contributed by atoms with Crippen LogP contribution in [0.25, 0.3) is 11.3 Å². The summed E-state index contributed by atoms with van der Waals surface area (Å²) < 4.78 is 6.51. The molecule has 2 amide bonds. The maximum atomic E-state index is 12.4. The molecule has 7 nitrogen and oxygen atoms in total. The molecule has 28 heavy (non-hydrogen) atoms. The van der Waals surface area contributed by atoms with Crippen molar-refractivity contribution < 1.29 is 14.3 Å². The SMILES string of the molecule is COc1ccc(-c2cc(=O)n(CCN3C(=O)c4ccccc4C3=O)cn2)cc1. The van der Waals surface area contributed by atoms with Crippen LogP contribution in [0.5, 0.6) is 5.75 Å². The van der Waals surface area contributed by atoms with Crippen molar-refractivity contribution in [2.75, 3.05) is 13.7 Å². The van der Waals surface area contributed by atoms with E-state index in [1.54, 1.807) is 43.5 Å². The highest BCUT2D eigenvalue weighted by Gasteiger charge is 2.34. The summed E-state index contributed by atoms with van der Waals surface area (Å²) in [6.07, 6.45) is 1.43. The smallest absolute Gasteiger partial charge is 0.261 e. The fraction of sp³-hybridized carbons (Fsp3) is 0.143. The Morgan fingerprint density at radius 2 is 1.54 bits per heavy atom. The Morgan fingerprint density at radius 3 is 2.11 bits per heavy atom. The Labute approximate surface area is 160 Å². The predicted octanol–water partition coefficient (Wildman–Crippen LogP) is 2.22. The van der Waals surface area contributed by atoms with Crippen LogP contribution < -0.4 is 10.3 Å². The Morgan fingerprint density at radius 1 is 0.893 bits per heavy atom. The van der Waals surface area contributed by atoms with Crippen molar-refractivity contribution in [1.29, 1.82) is 0 Å². The van der Waals surface area contributed by atoms with E-state index in [-0.39, 0.29) is 30.5 Å². The van der Waals surface area contributed by atoms with E-state index in [2.05, 4.69) is 4.98 Å². The molecular weight excluding hydrogens is 358 g/mol. The molecule has 140 valence electrons. The van der Waals surface area contributed by atoms with Crippen molar-refractivity contribution in [3.8, 4) is 17.0 Å². The molecule has 7 heteroatoms. The minimum absolute atomic E-state index is 0.107. The van der Waals surface area contributed by atoms with Crippen molar-refractivity contribution >= 4 is 11.8 Å². The fourth-order valence-corrected chi connectivity index (χ4v) is 3.16. The second-order valence-corrected chi connectivity index (χ2v) is 6.34. The van der Waals surface area contributed by atoms with E-state index in [0.717, 1.165) is 16.2 Å². The number of benzene rings is 2. The van der Waals surface area contributed by atoms with Crippen molar-refractivity contribution in [2.45, 2.75) is 6.54 Å². The maximum absolute atomic E-state index is 12.4. The molecule has 0 radical (unpaired) electrons. The van der Waals surface area contributed by atoms with Crippen LogP contribution in [-0.4, -0.2) is 39.9 Å². The van der Waals surface area contributed by atoms with Gasteiger partial charge in [0.1, 0.15) is 5.75 Å². The molecule has 2 aromatic carbocycles. The maximum Gasteiger partial charge on any atom is 0.261 e. The number of amides is 2. The zero-order chi connectivity index (χ0) is 19.7. The number of ether oxygens (including phenoxy) is 1. The van der Waals surface area contributed by atoms with Crippen LogP contribution in [0.4, 0.5) is 0 Å². The van der Waals surface area contributed by atoms with E-state index in [1.807, 2.05) is 12.1 Å². The molecule has 0 saturated carbocycles. The lowest BCUT2D eigenvalue weighted by Gasteiger charge is -2.14. The molecule has 0 N–H and O–H groups in total. The van der Waals surface area contributed by atoms with E-state index < -0.39 is 0 Å². The highest BCUT2D eigenvalue weighted by Crippen LogP contribution is 2.22. The van der Waals surface area contributed by atoms with Crippen LogP contribution in [0.15, 0.2) is 65.7 Å². The van der Waals surface area contributed by atoms with Gasteiger partial charge in [-0.15, -0.1) is 0 Å². The molecule has 1 aliphatic heterocycles. The normalized spacial score (nSPS) is 13.0. The van der Waals surface area contributed by atoms with Gasteiger partial charge in [0, 0.05) is 24.7 Å². The molecule has 0 atom stereocenters. The summed E-state index contributed by atoms with van der Waals surface area (Å²) >= 11 is 0. The summed E-state index contributed by atoms with van der Waals surface area (Å²) in [5.41, 5.74) is 1.88. The first-order chi connectivity index (χ1) is 13.6. The van der Waals surface area contributed by atoms with Gasteiger partial charge in [-0.2, -0.15) is 0 Å². The van der Waals surface area contributed by atoms with Gasteiger partial charge in [-0.05, 0) is 36.4 Å². The van der Waals surface area contributed by atoms with Crippen molar-refractivity contribution in [3.63, 3.8) is 0 Å². The molecule has 2 heterocycles. The van der Waals surface area contributed by atoms with E-state index in [4.69, 9.17) is 4.74 Å². The van der Waals surface area contributed by atoms with Crippen molar-refractivity contribution in [3.05, 3.63) is 82.4 Å². The number of carbonyl (C=O) groups excluding carboxylic acids is 2. The summed E-state index contributed by atoms with van der Waals surface area (Å²) in [5, 5.41) is 0. The van der Waals surface area contributed by atoms with Crippen molar-refractivity contribution in [2.24, 2.45) is 0 Å². The first-order valence-corrected chi connectivity index (χ1v) is 8.74. The second-order valence-electron chi connectivity index (χ2n) is 6.34. The minimum atomic E-state index is -0.337. The lowest BCUT2D eigenvalue weighted by atomic mass is 10.1. The van der Waals surface area contributed by atoms with Gasteiger partial charge >= 0.3 is 0 Å². The minimum Gasteiger partial charge on any atom is -0.497 e. The monoisotopic (exact) mass is 375 g/mol. The van der Waals surface area contributed by atoms with E-state index in [9.17, 15) is 14.4 Å². The van der Waals surface area contributed by atoms with Gasteiger partial charge in [0.15, 0.2) is 0 Å². The Bertz CT molecular complexity index is 1080. The molecule has 0 saturated heterocycles. The predicted molar refractivity (Wildman–Crippen MR) is 102 cm³/mol. The van der Waals surface area contributed by atoms with Crippen LogP contribution in [-0.2, 0) is 6.54 Å². The van der Waals surface area contributed by atoms with Gasteiger partial charge in [-0.25, -0.2) is 4.98 Å². The Hall–Kier alpha value is -3.74. The lowest BCUT2D eigenvalue weighted by Crippen LogP contribution is -2.35. The molecular formula is C21H17N3O4. The van der Waals surface area contributed by atoms with Crippen LogP contribution >= 0.6 is 0 Å². The number of nitrogens with zero attached hydrogens (tertiary/aromatic N) is 3. The zero-order valence-electron chi connectivity index (χ0n) is 15.2. The molecule has 0 bridgehead atoms. The van der Waals surface area contributed by atoms with Gasteiger partial charge in [-0.3, -0.25) is 23.9 Å². The molecule has 4 rings (SSSR count). The third kappa shape index (κ3) is 3.07. The molecule has 0 aliphatic carbocycles. The third-order valence-electron chi connectivity index (χ3n) is 4.71. The summed E-state index contributed by atoms with van der Waals surface area (Å²) in [6.45, 7) is 0.288. The average molecular weight is 375 g/mol. The first kappa shape index (κ1) is 17.7. The lowest BCUT2D eigenvalue weighted by molar-refractivity contribution is 0.0648. The van der Waals surface area contributed by atoms with Gasteiger partial charge in [0.05, 0.1) is 30.3 Å². The number of imide groups is 1. The van der Waals surface area contributed by atoms with E-state index in [0.29, 0.717) is 16.8 Å². The number of carbonyl (C=O) groups is 2. The number of hydrogen-bond donors (Lipinski definition) is 0. The molecule has 3 aromatic rings. The number of methoxy groups -OCH3 is 1. The molecule has 1 aliphatic rings. The third-order valence-corrected chi connectivity index (χ3v) is 4.71. The Balaban J connectivity index is 1.50. The molecule has 0 fully saturated rings. The Kier molecular flexibility index (Phi) is 4.49.